The molecule has 0 aliphatic heterocycles. The molecule has 0 saturated heterocycles. The lowest BCUT2D eigenvalue weighted by Crippen LogP contribution is -2.08. The van der Waals surface area contributed by atoms with E-state index in [4.69, 9.17) is 13.8 Å². The Kier molecular flexibility index (Phi) is 6.70. The fraction of sp³-hybridized carbons (Fsp3) is 0.333. The van der Waals surface area contributed by atoms with Gasteiger partial charge in [-0.05, 0) is 55.3 Å². The minimum absolute atomic E-state index is 0.131. The first-order chi connectivity index (χ1) is 16.6. The standard InChI is InChI=1S/C24H25FN4O5S/c1-6-18(24-27-22(29-34-24)16-8-10-20(17(25)12-16)35(5,30)31)32-19-9-7-15(11-14(19)4)21-26-23(13(2)3)33-28-21/h7-13,18H,6H2,1-5H3. The van der Waals surface area contributed by atoms with Gasteiger partial charge in [-0.15, -0.1) is 0 Å². The second-order valence-corrected chi connectivity index (χ2v) is 10.5. The molecule has 2 aromatic carbocycles. The van der Waals surface area contributed by atoms with E-state index in [0.717, 1.165) is 23.4 Å². The Hall–Kier alpha value is -3.60. The van der Waals surface area contributed by atoms with Crippen molar-refractivity contribution in [3.8, 4) is 28.5 Å². The zero-order valence-corrected chi connectivity index (χ0v) is 20.8. The Morgan fingerprint density at radius 3 is 2.11 bits per heavy atom. The Balaban J connectivity index is 1.54. The highest BCUT2D eigenvalue weighted by molar-refractivity contribution is 7.90. The summed E-state index contributed by atoms with van der Waals surface area (Å²) >= 11 is 0. The molecule has 11 heteroatoms. The first-order valence-corrected chi connectivity index (χ1v) is 12.9. The van der Waals surface area contributed by atoms with Crippen molar-refractivity contribution in [3.05, 3.63) is 59.6 Å². The van der Waals surface area contributed by atoms with Crippen LogP contribution in [0.2, 0.25) is 0 Å². The van der Waals surface area contributed by atoms with Crippen molar-refractivity contribution in [1.29, 1.82) is 0 Å². The van der Waals surface area contributed by atoms with Crippen LogP contribution in [-0.2, 0) is 9.84 Å². The Morgan fingerprint density at radius 1 is 0.971 bits per heavy atom. The summed E-state index contributed by atoms with van der Waals surface area (Å²) in [5, 5.41) is 7.95. The highest BCUT2D eigenvalue weighted by Crippen LogP contribution is 2.31. The molecule has 0 fully saturated rings. The van der Waals surface area contributed by atoms with Gasteiger partial charge in [-0.1, -0.05) is 31.1 Å². The van der Waals surface area contributed by atoms with Crippen LogP contribution in [-0.4, -0.2) is 35.0 Å². The third kappa shape index (κ3) is 5.24. The topological polar surface area (TPSA) is 121 Å². The molecular formula is C24H25FN4O5S. The van der Waals surface area contributed by atoms with Crippen molar-refractivity contribution < 1.29 is 26.6 Å². The molecule has 0 saturated carbocycles. The first-order valence-electron chi connectivity index (χ1n) is 11.0. The maximum absolute atomic E-state index is 14.3. The number of hydrogen-bond acceptors (Lipinski definition) is 9. The van der Waals surface area contributed by atoms with Crippen LogP contribution < -0.4 is 4.74 Å². The molecule has 1 unspecified atom stereocenters. The van der Waals surface area contributed by atoms with Crippen LogP contribution in [0.15, 0.2) is 50.3 Å². The molecule has 0 spiro atoms. The lowest BCUT2D eigenvalue weighted by atomic mass is 10.1. The molecule has 2 aromatic heterocycles. The molecule has 0 aliphatic carbocycles. The maximum atomic E-state index is 14.3. The molecule has 4 rings (SSSR count). The van der Waals surface area contributed by atoms with E-state index in [9.17, 15) is 12.8 Å². The predicted molar refractivity (Wildman–Crippen MR) is 125 cm³/mol. The lowest BCUT2D eigenvalue weighted by Gasteiger charge is -2.16. The van der Waals surface area contributed by atoms with Crippen LogP contribution in [0, 0.1) is 12.7 Å². The second kappa shape index (κ2) is 9.57. The zero-order valence-electron chi connectivity index (χ0n) is 19.9. The van der Waals surface area contributed by atoms with Gasteiger partial charge in [0.2, 0.25) is 17.5 Å². The van der Waals surface area contributed by atoms with Gasteiger partial charge < -0.3 is 13.8 Å². The van der Waals surface area contributed by atoms with Gasteiger partial charge in [0.15, 0.2) is 15.9 Å². The fourth-order valence-corrected chi connectivity index (χ4v) is 4.12. The summed E-state index contributed by atoms with van der Waals surface area (Å²) < 4.78 is 54.4. The summed E-state index contributed by atoms with van der Waals surface area (Å²) in [6.45, 7) is 7.77. The van der Waals surface area contributed by atoms with E-state index in [1.807, 2.05) is 45.9 Å². The number of nitrogens with zero attached hydrogens (tertiary/aromatic N) is 4. The van der Waals surface area contributed by atoms with Crippen LogP contribution in [0.5, 0.6) is 5.75 Å². The van der Waals surface area contributed by atoms with Crippen LogP contribution in [0.1, 0.15) is 56.6 Å². The van der Waals surface area contributed by atoms with Gasteiger partial charge in [0.25, 0.3) is 5.89 Å². The molecule has 9 nitrogen and oxygen atoms in total. The van der Waals surface area contributed by atoms with Crippen LogP contribution in [0.4, 0.5) is 4.39 Å². The molecule has 1 atom stereocenters. The van der Waals surface area contributed by atoms with Gasteiger partial charge in [-0.2, -0.15) is 9.97 Å². The molecule has 0 amide bonds. The Labute approximate surface area is 202 Å². The third-order valence-electron chi connectivity index (χ3n) is 5.32. The van der Waals surface area contributed by atoms with Crippen LogP contribution in [0.3, 0.4) is 0 Å². The quantitative estimate of drug-likeness (QED) is 0.317. The summed E-state index contributed by atoms with van der Waals surface area (Å²) in [7, 11) is -3.68. The molecule has 2 heterocycles. The number of ether oxygens (including phenoxy) is 1. The number of hydrogen-bond donors (Lipinski definition) is 0. The van der Waals surface area contributed by atoms with Gasteiger partial charge in [0.1, 0.15) is 16.5 Å². The van der Waals surface area contributed by atoms with Gasteiger partial charge in [0.05, 0.1) is 0 Å². The largest absolute Gasteiger partial charge is 0.480 e. The number of aromatic nitrogens is 4. The molecular weight excluding hydrogens is 475 g/mol. The molecule has 0 radical (unpaired) electrons. The smallest absolute Gasteiger partial charge is 0.268 e. The van der Waals surface area contributed by atoms with Gasteiger partial charge in [0, 0.05) is 23.3 Å². The van der Waals surface area contributed by atoms with E-state index < -0.39 is 21.8 Å². The highest BCUT2D eigenvalue weighted by Gasteiger charge is 2.22. The van der Waals surface area contributed by atoms with Gasteiger partial charge >= 0.3 is 0 Å². The van der Waals surface area contributed by atoms with Crippen molar-refractivity contribution >= 4 is 9.84 Å². The molecule has 0 N–H and O–H groups in total. The molecule has 35 heavy (non-hydrogen) atoms. The van der Waals surface area contributed by atoms with Crippen molar-refractivity contribution in [2.75, 3.05) is 6.26 Å². The Bertz CT molecular complexity index is 1460. The fourth-order valence-electron chi connectivity index (χ4n) is 3.39. The normalized spacial score (nSPS) is 12.8. The van der Waals surface area contributed by atoms with Crippen LogP contribution >= 0.6 is 0 Å². The minimum atomic E-state index is -3.68. The molecule has 4 aromatic rings. The van der Waals surface area contributed by atoms with Crippen molar-refractivity contribution in [3.63, 3.8) is 0 Å². The molecule has 0 aliphatic rings. The third-order valence-corrected chi connectivity index (χ3v) is 6.45. The van der Waals surface area contributed by atoms with Crippen molar-refractivity contribution in [1.82, 2.24) is 20.3 Å². The van der Waals surface area contributed by atoms with Crippen molar-refractivity contribution in [2.24, 2.45) is 0 Å². The number of halogens is 1. The SMILES string of the molecule is CCC(Oc1ccc(-c2noc(C(C)C)n2)cc1C)c1nc(-c2ccc(S(C)(=O)=O)c(F)c2)no1. The van der Waals surface area contributed by atoms with E-state index in [1.54, 1.807) is 0 Å². The second-order valence-electron chi connectivity index (χ2n) is 8.48. The van der Waals surface area contributed by atoms with Crippen LogP contribution in [0.25, 0.3) is 22.8 Å². The number of rotatable bonds is 8. The molecule has 0 bridgehead atoms. The van der Waals surface area contributed by atoms with E-state index >= 15 is 0 Å². The summed E-state index contributed by atoms with van der Waals surface area (Å²) in [5.41, 5.74) is 1.95. The van der Waals surface area contributed by atoms with Gasteiger partial charge in [-0.25, -0.2) is 12.8 Å². The lowest BCUT2D eigenvalue weighted by molar-refractivity contribution is 0.153. The first kappa shape index (κ1) is 24.5. The average molecular weight is 501 g/mol. The Morgan fingerprint density at radius 2 is 1.57 bits per heavy atom. The van der Waals surface area contributed by atoms with E-state index in [1.165, 1.54) is 12.1 Å². The van der Waals surface area contributed by atoms with E-state index in [0.29, 0.717) is 29.4 Å². The minimum Gasteiger partial charge on any atom is -0.480 e. The highest BCUT2D eigenvalue weighted by atomic mass is 32.2. The number of benzene rings is 2. The average Bonchev–Trinajstić information content (AvgIpc) is 3.48. The van der Waals surface area contributed by atoms with E-state index in [-0.39, 0.29) is 22.5 Å². The summed E-state index contributed by atoms with van der Waals surface area (Å²) in [6, 6.07) is 9.25. The summed E-state index contributed by atoms with van der Waals surface area (Å²) in [5.74, 6) is 1.31. The summed E-state index contributed by atoms with van der Waals surface area (Å²) in [6.07, 6.45) is 0.936. The molecule has 184 valence electrons. The summed E-state index contributed by atoms with van der Waals surface area (Å²) in [4.78, 5) is 8.37. The number of sulfone groups is 1. The monoisotopic (exact) mass is 500 g/mol. The van der Waals surface area contributed by atoms with Gasteiger partial charge in [-0.3, -0.25) is 0 Å². The predicted octanol–water partition coefficient (Wildman–Crippen LogP) is 5.29. The van der Waals surface area contributed by atoms with Crippen molar-refractivity contribution in [2.45, 2.75) is 51.0 Å². The zero-order chi connectivity index (χ0) is 25.3. The number of aryl methyl sites for hydroxylation is 1. The maximum Gasteiger partial charge on any atom is 0.268 e. The van der Waals surface area contributed by atoms with E-state index in [2.05, 4.69) is 20.3 Å².